The summed E-state index contributed by atoms with van der Waals surface area (Å²) in [5, 5.41) is 5.26. The Morgan fingerprint density at radius 3 is 2.31 bits per heavy atom. The smallest absolute Gasteiger partial charge is 0.234 e. The van der Waals surface area contributed by atoms with E-state index in [-0.39, 0.29) is 11.3 Å². The number of halogens is 1. The van der Waals surface area contributed by atoms with E-state index in [2.05, 4.69) is 10.1 Å². The fraction of sp³-hybridized carbons (Fsp3) is 0.174. The molecule has 0 spiro atoms. The second-order valence-electron chi connectivity index (χ2n) is 7.95. The van der Waals surface area contributed by atoms with Gasteiger partial charge in [0.25, 0.3) is 0 Å². The lowest BCUT2D eigenvalue weighted by molar-refractivity contribution is -0.132. The molecular formula is C23H19ClN4O. The number of rotatable bonds is 3. The topological polar surface area (TPSA) is 50.5 Å². The first-order valence-electron chi connectivity index (χ1n) is 9.45. The van der Waals surface area contributed by atoms with Gasteiger partial charge in [-0.3, -0.25) is 4.79 Å². The van der Waals surface area contributed by atoms with Crippen LogP contribution >= 0.6 is 11.6 Å². The van der Waals surface area contributed by atoms with Crippen LogP contribution < -0.4 is 4.90 Å². The third-order valence-corrected chi connectivity index (χ3v) is 5.66. The molecule has 6 heteroatoms. The summed E-state index contributed by atoms with van der Waals surface area (Å²) in [6, 6.07) is 17.6. The first-order valence-corrected chi connectivity index (χ1v) is 9.83. The normalized spacial score (nSPS) is 15.6. The molecule has 1 amide bonds. The molecule has 144 valence electrons. The minimum atomic E-state index is -0.261. The molecule has 0 saturated carbocycles. The molecule has 2 aromatic carbocycles. The highest BCUT2D eigenvalue weighted by atomic mass is 35.5. The van der Waals surface area contributed by atoms with Crippen molar-refractivity contribution in [1.82, 2.24) is 14.6 Å². The number of anilines is 1. The Hall–Kier alpha value is -3.18. The van der Waals surface area contributed by atoms with E-state index in [1.807, 2.05) is 84.1 Å². The third kappa shape index (κ3) is 2.89. The van der Waals surface area contributed by atoms with Crippen molar-refractivity contribution in [1.29, 1.82) is 0 Å². The molecule has 1 fully saturated rings. The monoisotopic (exact) mass is 402 g/mol. The molecule has 4 aromatic rings. The third-order valence-electron chi connectivity index (χ3n) is 5.41. The highest BCUT2D eigenvalue weighted by Crippen LogP contribution is 2.36. The fourth-order valence-corrected chi connectivity index (χ4v) is 3.90. The average Bonchev–Trinajstić information content (AvgIpc) is 3.17. The van der Waals surface area contributed by atoms with Crippen molar-refractivity contribution in [2.75, 3.05) is 11.4 Å². The summed E-state index contributed by atoms with van der Waals surface area (Å²) >= 11 is 6.01. The zero-order valence-corrected chi connectivity index (χ0v) is 16.9. The predicted octanol–water partition coefficient (Wildman–Crippen LogP) is 5.09. The maximum absolute atomic E-state index is 12.3. The van der Waals surface area contributed by atoms with Crippen LogP contribution in [0, 0.1) is 5.41 Å². The van der Waals surface area contributed by atoms with E-state index in [9.17, 15) is 4.79 Å². The van der Waals surface area contributed by atoms with Gasteiger partial charge in [-0.05, 0) is 49.7 Å². The molecule has 5 nitrogen and oxygen atoms in total. The van der Waals surface area contributed by atoms with E-state index in [4.69, 9.17) is 11.6 Å². The predicted molar refractivity (Wildman–Crippen MR) is 115 cm³/mol. The molecule has 0 aliphatic carbocycles. The number of aromatic nitrogens is 3. The van der Waals surface area contributed by atoms with Gasteiger partial charge in [0, 0.05) is 34.6 Å². The van der Waals surface area contributed by atoms with Crippen LogP contribution in [0.4, 0.5) is 5.69 Å². The van der Waals surface area contributed by atoms with Crippen molar-refractivity contribution in [3.8, 4) is 22.4 Å². The summed E-state index contributed by atoms with van der Waals surface area (Å²) in [6.45, 7) is 4.70. The van der Waals surface area contributed by atoms with Gasteiger partial charge in [-0.2, -0.15) is 5.10 Å². The maximum Gasteiger partial charge on any atom is 0.234 e. The summed E-state index contributed by atoms with van der Waals surface area (Å²) in [5.41, 5.74) is 5.37. The number of hydrogen-bond acceptors (Lipinski definition) is 3. The van der Waals surface area contributed by atoms with Crippen LogP contribution in [-0.4, -0.2) is 27.0 Å². The van der Waals surface area contributed by atoms with Gasteiger partial charge in [0.2, 0.25) is 5.91 Å². The Bertz CT molecular complexity index is 1230. The second kappa shape index (κ2) is 6.42. The minimum Gasteiger partial charge on any atom is -0.311 e. The Morgan fingerprint density at radius 1 is 0.966 bits per heavy atom. The van der Waals surface area contributed by atoms with Crippen molar-refractivity contribution in [2.45, 2.75) is 13.8 Å². The fourth-order valence-electron chi connectivity index (χ4n) is 3.77. The van der Waals surface area contributed by atoms with Crippen molar-refractivity contribution >= 4 is 28.8 Å². The minimum absolute atomic E-state index is 0.163. The van der Waals surface area contributed by atoms with Crippen molar-refractivity contribution < 1.29 is 4.79 Å². The lowest BCUT2D eigenvalue weighted by Gasteiger charge is -2.44. The molecule has 5 rings (SSSR count). The first-order chi connectivity index (χ1) is 13.9. The number of nitrogens with zero attached hydrogens (tertiary/aromatic N) is 4. The number of hydrogen-bond donors (Lipinski definition) is 0. The standard InChI is InChI=1S/C23H19ClN4O/c1-23(2)14-27(22(23)29)18-9-5-16(6-10-18)20-11-12-25-21-19(13-26-28(20)21)15-3-7-17(24)8-4-15/h3-13H,14H2,1-2H3. The summed E-state index contributed by atoms with van der Waals surface area (Å²) in [6.07, 6.45) is 3.62. The van der Waals surface area contributed by atoms with Crippen LogP contribution in [0.15, 0.2) is 67.0 Å². The summed E-state index contributed by atoms with van der Waals surface area (Å²) in [4.78, 5) is 18.6. The van der Waals surface area contributed by atoms with Crippen LogP contribution in [0.25, 0.3) is 28.0 Å². The number of carbonyl (C=O) groups is 1. The maximum atomic E-state index is 12.3. The van der Waals surface area contributed by atoms with E-state index in [1.54, 1.807) is 6.20 Å². The molecule has 29 heavy (non-hydrogen) atoms. The second-order valence-corrected chi connectivity index (χ2v) is 8.39. The highest BCUT2D eigenvalue weighted by molar-refractivity contribution is 6.30. The van der Waals surface area contributed by atoms with Gasteiger partial charge in [0.05, 0.1) is 17.3 Å². The zero-order valence-electron chi connectivity index (χ0n) is 16.1. The molecule has 0 unspecified atom stereocenters. The summed E-state index contributed by atoms with van der Waals surface area (Å²) in [7, 11) is 0. The summed E-state index contributed by atoms with van der Waals surface area (Å²) in [5.74, 6) is 0.163. The van der Waals surface area contributed by atoms with Gasteiger partial charge < -0.3 is 4.90 Å². The van der Waals surface area contributed by atoms with E-state index in [0.29, 0.717) is 5.02 Å². The largest absolute Gasteiger partial charge is 0.311 e. The molecule has 0 radical (unpaired) electrons. The van der Waals surface area contributed by atoms with Crippen LogP contribution in [0.3, 0.4) is 0 Å². The lowest BCUT2D eigenvalue weighted by atomic mass is 9.82. The first kappa shape index (κ1) is 17.9. The van der Waals surface area contributed by atoms with Crippen LogP contribution in [0.1, 0.15) is 13.8 Å². The molecule has 1 aliphatic rings. The quantitative estimate of drug-likeness (QED) is 0.448. The van der Waals surface area contributed by atoms with Crippen LogP contribution in [-0.2, 0) is 4.79 Å². The van der Waals surface area contributed by atoms with Crippen molar-refractivity contribution in [3.63, 3.8) is 0 Å². The van der Waals surface area contributed by atoms with E-state index < -0.39 is 0 Å². The van der Waals surface area contributed by atoms with Gasteiger partial charge in [-0.25, -0.2) is 9.50 Å². The molecule has 2 aromatic heterocycles. The Morgan fingerprint density at radius 2 is 1.66 bits per heavy atom. The van der Waals surface area contributed by atoms with Gasteiger partial charge in [0.1, 0.15) is 0 Å². The molecule has 3 heterocycles. The van der Waals surface area contributed by atoms with E-state index >= 15 is 0 Å². The Kier molecular flexibility index (Phi) is 3.96. The van der Waals surface area contributed by atoms with E-state index in [1.165, 1.54) is 0 Å². The summed E-state index contributed by atoms with van der Waals surface area (Å²) < 4.78 is 1.84. The number of benzene rings is 2. The lowest BCUT2D eigenvalue weighted by Crippen LogP contribution is -2.58. The van der Waals surface area contributed by atoms with Gasteiger partial charge in [0.15, 0.2) is 5.65 Å². The van der Waals surface area contributed by atoms with Crippen LogP contribution in [0.2, 0.25) is 5.02 Å². The van der Waals surface area contributed by atoms with Gasteiger partial charge >= 0.3 is 0 Å². The molecule has 1 saturated heterocycles. The number of amides is 1. The average molecular weight is 403 g/mol. The Labute approximate surface area is 173 Å². The number of β-lactam (4-membered cyclic amide) rings is 1. The molecule has 0 N–H and O–H groups in total. The number of carbonyl (C=O) groups excluding carboxylic acids is 1. The molecule has 0 atom stereocenters. The molecule has 0 bridgehead atoms. The number of fused-ring (bicyclic) bond motifs is 1. The highest BCUT2D eigenvalue weighted by Gasteiger charge is 2.44. The molecular weight excluding hydrogens is 384 g/mol. The zero-order chi connectivity index (χ0) is 20.2. The van der Waals surface area contributed by atoms with Crippen LogP contribution in [0.5, 0.6) is 0 Å². The molecule has 1 aliphatic heterocycles. The Balaban J connectivity index is 1.51. The SMILES string of the molecule is CC1(C)CN(c2ccc(-c3ccnc4c(-c5ccc(Cl)cc5)cnn34)cc2)C1=O. The van der Waals surface area contributed by atoms with E-state index in [0.717, 1.165) is 40.3 Å². The van der Waals surface area contributed by atoms with Crippen molar-refractivity contribution in [3.05, 3.63) is 72.0 Å². The van der Waals surface area contributed by atoms with Gasteiger partial charge in [-0.15, -0.1) is 0 Å². The van der Waals surface area contributed by atoms with Crippen molar-refractivity contribution in [2.24, 2.45) is 5.41 Å². The van der Waals surface area contributed by atoms with Gasteiger partial charge in [-0.1, -0.05) is 35.9 Å².